The van der Waals surface area contributed by atoms with Crippen LogP contribution in [0.25, 0.3) is 11.0 Å². The normalized spacial score (nSPS) is 13.8. The maximum absolute atomic E-state index is 12.5. The number of rotatable bonds is 8. The number of ether oxygens (including phenoxy) is 2. The van der Waals surface area contributed by atoms with E-state index in [1.807, 2.05) is 41.8 Å². The van der Waals surface area contributed by atoms with Crippen molar-refractivity contribution in [2.75, 3.05) is 48.9 Å². The van der Waals surface area contributed by atoms with Gasteiger partial charge in [0, 0.05) is 31.0 Å². The number of fused-ring (bicyclic) bond motifs is 1. The molecule has 0 unspecified atom stereocenters. The van der Waals surface area contributed by atoms with Gasteiger partial charge in [-0.2, -0.15) is 0 Å². The second-order valence-corrected chi connectivity index (χ2v) is 8.49. The van der Waals surface area contributed by atoms with Crippen molar-refractivity contribution in [3.05, 3.63) is 48.0 Å². The Morgan fingerprint density at radius 1 is 1.12 bits per heavy atom. The minimum absolute atomic E-state index is 0.0963. The van der Waals surface area contributed by atoms with Crippen molar-refractivity contribution in [2.24, 2.45) is 0 Å². The fourth-order valence-electron chi connectivity index (χ4n) is 3.77. The number of esters is 1. The van der Waals surface area contributed by atoms with Gasteiger partial charge < -0.3 is 24.3 Å². The second kappa shape index (κ2) is 10.7. The Labute approximate surface area is 197 Å². The van der Waals surface area contributed by atoms with Gasteiger partial charge in [-0.1, -0.05) is 11.8 Å². The Kier molecular flexibility index (Phi) is 7.51. The van der Waals surface area contributed by atoms with E-state index in [2.05, 4.69) is 15.2 Å². The molecular formula is C24H28N4O4S. The smallest absolute Gasteiger partial charge is 0.338 e. The standard InChI is InChI=1S/C24H28N4O4S/c1-3-28-21-10-5-17(23(30)32-4-2)15-20(21)26-24(28)33-16-22(29)25-18-6-8-19(9-7-18)27-11-13-31-14-12-27/h5-10,15H,3-4,11-14,16H2,1-2H3,(H,25,29). The van der Waals surface area contributed by atoms with Crippen LogP contribution in [0.2, 0.25) is 0 Å². The van der Waals surface area contributed by atoms with Gasteiger partial charge in [-0.3, -0.25) is 4.79 Å². The summed E-state index contributed by atoms with van der Waals surface area (Å²) in [5.41, 5.74) is 4.00. The van der Waals surface area contributed by atoms with E-state index in [1.54, 1.807) is 19.1 Å². The van der Waals surface area contributed by atoms with E-state index in [0.717, 1.165) is 48.4 Å². The van der Waals surface area contributed by atoms with Crippen LogP contribution in [0.4, 0.5) is 11.4 Å². The number of hydrogen-bond donors (Lipinski definition) is 1. The summed E-state index contributed by atoms with van der Waals surface area (Å²) in [4.78, 5) is 31.5. The molecule has 1 amide bonds. The number of aryl methyl sites for hydroxylation is 1. The van der Waals surface area contributed by atoms with Crippen LogP contribution >= 0.6 is 11.8 Å². The summed E-state index contributed by atoms with van der Waals surface area (Å²) in [5.74, 6) is -0.223. The Balaban J connectivity index is 1.39. The summed E-state index contributed by atoms with van der Waals surface area (Å²) in [6.45, 7) is 8.07. The number of carbonyl (C=O) groups is 2. The molecule has 2 aromatic carbocycles. The Hall–Kier alpha value is -3.04. The van der Waals surface area contributed by atoms with Crippen LogP contribution in [0.15, 0.2) is 47.6 Å². The third-order valence-corrected chi connectivity index (χ3v) is 6.38. The molecule has 1 aliphatic heterocycles. The molecule has 0 spiro atoms. The zero-order valence-corrected chi connectivity index (χ0v) is 19.7. The molecule has 1 aromatic heterocycles. The maximum Gasteiger partial charge on any atom is 0.338 e. The fourth-order valence-corrected chi connectivity index (χ4v) is 4.65. The van der Waals surface area contributed by atoms with Crippen LogP contribution in [0, 0.1) is 0 Å². The van der Waals surface area contributed by atoms with Crippen molar-refractivity contribution in [3.63, 3.8) is 0 Å². The number of hydrogen-bond acceptors (Lipinski definition) is 7. The van der Waals surface area contributed by atoms with Crippen molar-refractivity contribution in [1.82, 2.24) is 9.55 Å². The van der Waals surface area contributed by atoms with Crippen molar-refractivity contribution in [1.29, 1.82) is 0 Å². The van der Waals surface area contributed by atoms with Crippen LogP contribution in [-0.2, 0) is 20.8 Å². The monoisotopic (exact) mass is 468 g/mol. The first kappa shape index (κ1) is 23.1. The summed E-state index contributed by atoms with van der Waals surface area (Å²) >= 11 is 1.38. The number of benzene rings is 2. The summed E-state index contributed by atoms with van der Waals surface area (Å²) in [7, 11) is 0. The number of aromatic nitrogens is 2. The van der Waals surface area contributed by atoms with Crippen LogP contribution in [0.1, 0.15) is 24.2 Å². The predicted octanol–water partition coefficient (Wildman–Crippen LogP) is 3.80. The Bertz CT molecular complexity index is 1120. The van der Waals surface area contributed by atoms with E-state index in [-0.39, 0.29) is 17.6 Å². The lowest BCUT2D eigenvalue weighted by Gasteiger charge is -2.28. The highest BCUT2D eigenvalue weighted by Crippen LogP contribution is 2.26. The molecule has 8 nitrogen and oxygen atoms in total. The van der Waals surface area contributed by atoms with Gasteiger partial charge in [-0.05, 0) is 56.3 Å². The molecule has 2 heterocycles. The number of nitrogens with one attached hydrogen (secondary N) is 1. The van der Waals surface area contributed by atoms with Crippen LogP contribution in [-0.4, -0.2) is 60.1 Å². The molecule has 33 heavy (non-hydrogen) atoms. The van der Waals surface area contributed by atoms with Crippen molar-refractivity contribution >= 4 is 46.0 Å². The van der Waals surface area contributed by atoms with Gasteiger partial charge in [0.05, 0.1) is 42.2 Å². The minimum atomic E-state index is -0.362. The SMILES string of the molecule is CCOC(=O)c1ccc2c(c1)nc(SCC(=O)Nc1ccc(N3CCOCC3)cc1)n2CC. The van der Waals surface area contributed by atoms with Gasteiger partial charge in [-0.15, -0.1) is 0 Å². The molecule has 0 bridgehead atoms. The van der Waals surface area contributed by atoms with Crippen molar-refractivity contribution in [2.45, 2.75) is 25.5 Å². The molecular weight excluding hydrogens is 440 g/mol. The van der Waals surface area contributed by atoms with Crippen LogP contribution < -0.4 is 10.2 Å². The fraction of sp³-hybridized carbons (Fsp3) is 0.375. The highest BCUT2D eigenvalue weighted by atomic mass is 32.2. The summed E-state index contributed by atoms with van der Waals surface area (Å²) in [6, 6.07) is 13.2. The van der Waals surface area contributed by atoms with Gasteiger partial charge in [0.15, 0.2) is 5.16 Å². The van der Waals surface area contributed by atoms with Crippen LogP contribution in [0.3, 0.4) is 0 Å². The van der Waals surface area contributed by atoms with Gasteiger partial charge in [0.2, 0.25) is 5.91 Å². The van der Waals surface area contributed by atoms with E-state index in [0.29, 0.717) is 24.2 Å². The molecule has 9 heteroatoms. The number of amides is 1. The maximum atomic E-state index is 12.5. The lowest BCUT2D eigenvalue weighted by Crippen LogP contribution is -2.36. The number of thioether (sulfide) groups is 1. The molecule has 1 saturated heterocycles. The first-order valence-electron chi connectivity index (χ1n) is 11.1. The highest BCUT2D eigenvalue weighted by molar-refractivity contribution is 7.99. The number of imidazole rings is 1. The van der Waals surface area contributed by atoms with Gasteiger partial charge in [0.1, 0.15) is 0 Å². The molecule has 4 rings (SSSR count). The third kappa shape index (κ3) is 5.48. The lowest BCUT2D eigenvalue weighted by atomic mass is 10.2. The van der Waals surface area contributed by atoms with E-state index in [4.69, 9.17) is 9.47 Å². The first-order chi connectivity index (χ1) is 16.1. The zero-order valence-electron chi connectivity index (χ0n) is 18.9. The predicted molar refractivity (Wildman–Crippen MR) is 130 cm³/mol. The quantitative estimate of drug-likeness (QED) is 0.398. The molecule has 0 atom stereocenters. The van der Waals surface area contributed by atoms with E-state index in [1.165, 1.54) is 11.8 Å². The number of nitrogens with zero attached hydrogens (tertiary/aromatic N) is 3. The Morgan fingerprint density at radius 3 is 2.58 bits per heavy atom. The third-order valence-electron chi connectivity index (χ3n) is 5.40. The average molecular weight is 469 g/mol. The van der Waals surface area contributed by atoms with Crippen LogP contribution in [0.5, 0.6) is 0 Å². The molecule has 174 valence electrons. The molecule has 1 fully saturated rings. The van der Waals surface area contributed by atoms with E-state index in [9.17, 15) is 9.59 Å². The topological polar surface area (TPSA) is 85.7 Å². The molecule has 1 aliphatic rings. The lowest BCUT2D eigenvalue weighted by molar-refractivity contribution is -0.113. The van der Waals surface area contributed by atoms with Crippen molar-refractivity contribution in [3.8, 4) is 0 Å². The largest absolute Gasteiger partial charge is 0.462 e. The Morgan fingerprint density at radius 2 is 1.88 bits per heavy atom. The molecule has 0 aliphatic carbocycles. The first-order valence-corrected chi connectivity index (χ1v) is 12.1. The van der Waals surface area contributed by atoms with Crippen molar-refractivity contribution < 1.29 is 19.1 Å². The van der Waals surface area contributed by atoms with Gasteiger partial charge in [0.25, 0.3) is 0 Å². The molecule has 3 aromatic rings. The zero-order chi connectivity index (χ0) is 23.2. The second-order valence-electron chi connectivity index (χ2n) is 7.55. The van der Waals surface area contributed by atoms with E-state index >= 15 is 0 Å². The highest BCUT2D eigenvalue weighted by Gasteiger charge is 2.16. The molecule has 0 radical (unpaired) electrons. The minimum Gasteiger partial charge on any atom is -0.462 e. The number of carbonyl (C=O) groups excluding carboxylic acids is 2. The van der Waals surface area contributed by atoms with Gasteiger partial charge >= 0.3 is 5.97 Å². The summed E-state index contributed by atoms with van der Waals surface area (Å²) in [5, 5.41) is 3.69. The van der Waals surface area contributed by atoms with Gasteiger partial charge in [-0.25, -0.2) is 9.78 Å². The summed E-state index contributed by atoms with van der Waals surface area (Å²) < 4.78 is 12.5. The number of morpholine rings is 1. The molecule has 1 N–H and O–H groups in total. The van der Waals surface area contributed by atoms with E-state index < -0.39 is 0 Å². The summed E-state index contributed by atoms with van der Waals surface area (Å²) in [6.07, 6.45) is 0. The number of anilines is 2. The average Bonchev–Trinajstić information content (AvgIpc) is 3.20. The molecule has 0 saturated carbocycles.